The highest BCUT2D eigenvalue weighted by atomic mass is 19.4. The van der Waals surface area contributed by atoms with Gasteiger partial charge in [-0.3, -0.25) is 4.79 Å². The minimum Gasteiger partial charge on any atom is -0.374 e. The number of nitrogens with one attached hydrogen (secondary N) is 1. The molecule has 5 atom stereocenters. The van der Waals surface area contributed by atoms with E-state index in [2.05, 4.69) is 5.32 Å². The fraction of sp³-hybridized carbons (Fsp3) is 0.387. The second-order valence-corrected chi connectivity index (χ2v) is 10.2. The summed E-state index contributed by atoms with van der Waals surface area (Å²) >= 11 is 0. The van der Waals surface area contributed by atoms with Gasteiger partial charge in [0.1, 0.15) is 17.8 Å². The van der Waals surface area contributed by atoms with E-state index in [9.17, 15) is 18.0 Å². The summed E-state index contributed by atoms with van der Waals surface area (Å²) < 4.78 is 65.3. The van der Waals surface area contributed by atoms with Crippen LogP contribution < -0.4 is 5.32 Å². The van der Waals surface area contributed by atoms with Crippen molar-refractivity contribution in [1.29, 1.82) is 0 Å². The van der Waals surface area contributed by atoms with Crippen LogP contribution in [0.5, 0.6) is 0 Å². The summed E-state index contributed by atoms with van der Waals surface area (Å²) in [7, 11) is 0. The minimum absolute atomic E-state index is 0.128. The molecule has 5 rings (SSSR count). The summed E-state index contributed by atoms with van der Waals surface area (Å²) in [4.78, 5) is 12.1. The van der Waals surface area contributed by atoms with Crippen LogP contribution in [0.15, 0.2) is 91.0 Å². The molecule has 0 radical (unpaired) electrons. The first-order valence-corrected chi connectivity index (χ1v) is 13.3. The number of fused-ring (bicyclic) bond motifs is 2. The summed E-state index contributed by atoms with van der Waals surface area (Å²) in [5.41, 5.74) is 1.76. The number of rotatable bonds is 11. The van der Waals surface area contributed by atoms with Gasteiger partial charge < -0.3 is 24.3 Å². The van der Waals surface area contributed by atoms with Crippen molar-refractivity contribution in [3.8, 4) is 0 Å². The predicted octanol–water partition coefficient (Wildman–Crippen LogP) is 5.35. The van der Waals surface area contributed by atoms with E-state index in [1.54, 1.807) is 0 Å². The van der Waals surface area contributed by atoms with Gasteiger partial charge in [0.15, 0.2) is 0 Å². The maximum absolute atomic E-state index is 13.3. The van der Waals surface area contributed by atoms with E-state index in [1.807, 2.05) is 91.0 Å². The Bertz CT molecular complexity index is 1230. The molecule has 3 aromatic carbocycles. The lowest BCUT2D eigenvalue weighted by atomic mass is 9.87. The average molecular weight is 556 g/mol. The Morgan fingerprint density at radius 1 is 0.825 bits per heavy atom. The van der Waals surface area contributed by atoms with Crippen LogP contribution >= 0.6 is 0 Å². The summed E-state index contributed by atoms with van der Waals surface area (Å²) in [5, 5.41) is 2.17. The fourth-order valence-electron chi connectivity index (χ4n) is 5.44. The van der Waals surface area contributed by atoms with Gasteiger partial charge in [0, 0.05) is 0 Å². The van der Waals surface area contributed by atoms with Gasteiger partial charge in [0.2, 0.25) is 0 Å². The number of hydrogen-bond donors (Lipinski definition) is 1. The second kappa shape index (κ2) is 12.5. The molecule has 2 saturated heterocycles. The van der Waals surface area contributed by atoms with Crippen molar-refractivity contribution in [3.63, 3.8) is 0 Å². The first-order valence-electron chi connectivity index (χ1n) is 13.3. The van der Waals surface area contributed by atoms with E-state index < -0.39 is 42.0 Å². The highest BCUT2D eigenvalue weighted by Crippen LogP contribution is 2.45. The maximum atomic E-state index is 13.3. The Labute approximate surface area is 231 Å². The van der Waals surface area contributed by atoms with Crippen LogP contribution in [0.1, 0.15) is 29.5 Å². The molecule has 2 aliphatic heterocycles. The van der Waals surface area contributed by atoms with Gasteiger partial charge in [-0.2, -0.15) is 13.2 Å². The molecule has 1 amide bonds. The first kappa shape index (κ1) is 28.3. The van der Waals surface area contributed by atoms with Crippen molar-refractivity contribution >= 4 is 5.91 Å². The summed E-state index contributed by atoms with van der Waals surface area (Å²) in [6.07, 6.45) is -6.56. The van der Waals surface area contributed by atoms with E-state index in [-0.39, 0.29) is 19.8 Å². The lowest BCUT2D eigenvalue weighted by molar-refractivity contribution is -0.256. The molecule has 1 N–H and O–H groups in total. The van der Waals surface area contributed by atoms with Gasteiger partial charge in [-0.1, -0.05) is 91.0 Å². The van der Waals surface area contributed by atoms with Crippen LogP contribution in [0.4, 0.5) is 13.2 Å². The average Bonchev–Trinajstić information content (AvgIpc) is 3.35. The van der Waals surface area contributed by atoms with Crippen LogP contribution in [-0.4, -0.2) is 48.6 Å². The van der Waals surface area contributed by atoms with Gasteiger partial charge >= 0.3 is 12.1 Å². The molecule has 2 bridgehead atoms. The highest BCUT2D eigenvalue weighted by Gasteiger charge is 2.61. The third-order valence-electron chi connectivity index (χ3n) is 7.38. The SMILES string of the molecule is O=C(N[C@@H]1[C@@H](OCc2ccccc2)[C@@H](OCc2ccccc2)[C@]2(COCc3ccccc3)CC[C@H]1O2)C(F)(F)F. The number of halogens is 3. The number of carbonyl (C=O) groups excluding carboxylic acids is 1. The number of ether oxygens (including phenoxy) is 4. The zero-order chi connectivity index (χ0) is 28.0. The van der Waals surface area contributed by atoms with Crippen LogP contribution in [0.3, 0.4) is 0 Å². The molecular formula is C31H32F3NO5. The molecule has 0 aliphatic carbocycles. The van der Waals surface area contributed by atoms with Crippen molar-refractivity contribution in [1.82, 2.24) is 5.32 Å². The lowest BCUT2D eigenvalue weighted by Gasteiger charge is -2.48. The van der Waals surface area contributed by atoms with Crippen molar-refractivity contribution in [3.05, 3.63) is 108 Å². The summed E-state index contributed by atoms with van der Waals surface area (Å²) in [6.45, 7) is 0.808. The van der Waals surface area contributed by atoms with E-state index in [0.29, 0.717) is 19.4 Å². The molecule has 40 heavy (non-hydrogen) atoms. The van der Waals surface area contributed by atoms with E-state index in [0.717, 1.165) is 16.7 Å². The third kappa shape index (κ3) is 6.72. The molecule has 212 valence electrons. The molecule has 3 aromatic rings. The number of hydrogen-bond acceptors (Lipinski definition) is 5. The van der Waals surface area contributed by atoms with Crippen molar-refractivity contribution < 1.29 is 36.9 Å². The zero-order valence-corrected chi connectivity index (χ0v) is 21.9. The van der Waals surface area contributed by atoms with E-state index >= 15 is 0 Å². The van der Waals surface area contributed by atoms with Gasteiger partial charge in [-0.15, -0.1) is 0 Å². The summed E-state index contributed by atoms with van der Waals surface area (Å²) in [5.74, 6) is -2.03. The van der Waals surface area contributed by atoms with Crippen LogP contribution in [0, 0.1) is 0 Å². The molecule has 0 saturated carbocycles. The van der Waals surface area contributed by atoms with Crippen LogP contribution in [0.2, 0.25) is 0 Å². The quantitative estimate of drug-likeness (QED) is 0.346. The third-order valence-corrected chi connectivity index (χ3v) is 7.38. The standard InChI is InChI=1S/C31H32F3NO5/c32-31(33,34)29(36)35-26-25-16-17-30(40-25,21-37-18-22-10-4-1-5-11-22)28(39-20-24-14-8-3-9-15-24)27(26)38-19-23-12-6-2-7-13-23/h1-15,25-28H,16-21H2,(H,35,36)/t25-,26+,27-,28-,30-/m1/s1. The first-order chi connectivity index (χ1) is 19.3. The van der Waals surface area contributed by atoms with Gasteiger partial charge in [-0.25, -0.2) is 0 Å². The van der Waals surface area contributed by atoms with E-state index in [4.69, 9.17) is 18.9 Å². The second-order valence-electron chi connectivity index (χ2n) is 10.2. The Balaban J connectivity index is 1.43. The van der Waals surface area contributed by atoms with Crippen molar-refractivity contribution in [2.45, 2.75) is 68.8 Å². The van der Waals surface area contributed by atoms with Gasteiger partial charge in [0.05, 0.1) is 38.6 Å². The zero-order valence-electron chi connectivity index (χ0n) is 21.9. The fourth-order valence-corrected chi connectivity index (χ4v) is 5.44. The smallest absolute Gasteiger partial charge is 0.374 e. The maximum Gasteiger partial charge on any atom is 0.471 e. The Morgan fingerprint density at radius 3 is 1.90 bits per heavy atom. The molecule has 0 spiro atoms. The molecule has 2 aliphatic rings. The van der Waals surface area contributed by atoms with Gasteiger partial charge in [0.25, 0.3) is 0 Å². The Morgan fingerprint density at radius 2 is 1.35 bits per heavy atom. The molecule has 9 heteroatoms. The molecule has 2 fully saturated rings. The molecule has 0 aromatic heterocycles. The van der Waals surface area contributed by atoms with Crippen molar-refractivity contribution in [2.24, 2.45) is 0 Å². The number of alkyl halides is 3. The van der Waals surface area contributed by atoms with Gasteiger partial charge in [-0.05, 0) is 29.5 Å². The predicted molar refractivity (Wildman–Crippen MR) is 141 cm³/mol. The summed E-state index contributed by atoms with van der Waals surface area (Å²) in [6, 6.07) is 27.4. The normalized spacial score (nSPS) is 26.0. The number of amides is 1. The minimum atomic E-state index is -5.05. The highest BCUT2D eigenvalue weighted by molar-refractivity contribution is 5.82. The van der Waals surface area contributed by atoms with E-state index in [1.165, 1.54) is 0 Å². The lowest BCUT2D eigenvalue weighted by Crippen LogP contribution is -2.68. The van der Waals surface area contributed by atoms with Crippen molar-refractivity contribution in [2.75, 3.05) is 6.61 Å². The molecule has 2 heterocycles. The monoisotopic (exact) mass is 555 g/mol. The molecule has 6 nitrogen and oxygen atoms in total. The van der Waals surface area contributed by atoms with Crippen LogP contribution in [0.25, 0.3) is 0 Å². The molecule has 0 unspecified atom stereocenters. The Hall–Kier alpha value is -3.24. The number of benzene rings is 3. The largest absolute Gasteiger partial charge is 0.471 e. The molecular weight excluding hydrogens is 523 g/mol. The van der Waals surface area contributed by atoms with Crippen LogP contribution in [-0.2, 0) is 43.6 Å². The topological polar surface area (TPSA) is 66.0 Å². The number of carbonyl (C=O) groups is 1. The Kier molecular flexibility index (Phi) is 8.85.